The van der Waals surface area contributed by atoms with E-state index in [1.54, 1.807) is 24.3 Å². The Balaban J connectivity index is 0. The minimum absolute atomic E-state index is 0.177. The van der Waals surface area contributed by atoms with Gasteiger partial charge in [0, 0.05) is 28.6 Å². The first-order chi connectivity index (χ1) is 19.2. The van der Waals surface area contributed by atoms with Gasteiger partial charge in [-0.15, -0.1) is 0 Å². The topological polar surface area (TPSA) is 47.0 Å². The highest BCUT2D eigenvalue weighted by atomic mass is 19.1. The Morgan fingerprint density at radius 3 is 1.75 bits per heavy atom. The van der Waals surface area contributed by atoms with E-state index in [2.05, 4.69) is 43.0 Å². The summed E-state index contributed by atoms with van der Waals surface area (Å²) in [5.41, 5.74) is 3.02. The van der Waals surface area contributed by atoms with Gasteiger partial charge in [-0.05, 0) is 61.6 Å². The zero-order chi connectivity index (χ0) is 31.3. The Bertz CT molecular complexity index is 1050. The first kappa shape index (κ1) is 39.1. The maximum Gasteiger partial charge on any atom is 0.167 e. The molecule has 0 radical (unpaired) electrons. The number of benzene rings is 2. The molecule has 0 bridgehead atoms. The van der Waals surface area contributed by atoms with E-state index in [9.17, 15) is 8.78 Å². The van der Waals surface area contributed by atoms with Crippen LogP contribution in [-0.4, -0.2) is 17.1 Å². The van der Waals surface area contributed by atoms with Crippen LogP contribution >= 0.6 is 0 Å². The number of methoxy groups -OCH3 is 1. The molecule has 1 heterocycles. The van der Waals surface area contributed by atoms with Crippen molar-refractivity contribution in [3.05, 3.63) is 65.4 Å². The van der Waals surface area contributed by atoms with Crippen LogP contribution in [0.4, 0.5) is 20.3 Å². The van der Waals surface area contributed by atoms with Crippen LogP contribution in [0.2, 0.25) is 0 Å². The van der Waals surface area contributed by atoms with E-state index in [-0.39, 0.29) is 11.6 Å². The number of halogens is 2. The summed E-state index contributed by atoms with van der Waals surface area (Å²) in [4.78, 5) is 9.12. The second kappa shape index (κ2) is 22.8. The largest absolute Gasteiger partial charge is 0.494 e. The molecule has 0 spiro atoms. The quantitative estimate of drug-likeness (QED) is 0.298. The van der Waals surface area contributed by atoms with E-state index >= 15 is 0 Å². The molecule has 6 heteroatoms. The molecule has 0 aliphatic rings. The number of ether oxygens (including phenoxy) is 1. The van der Waals surface area contributed by atoms with Gasteiger partial charge in [0.1, 0.15) is 11.6 Å². The summed E-state index contributed by atoms with van der Waals surface area (Å²) in [6.07, 6.45) is 3.37. The molecule has 0 aliphatic carbocycles. The lowest BCUT2D eigenvalue weighted by molar-refractivity contribution is 0.367. The predicted molar refractivity (Wildman–Crippen MR) is 171 cm³/mol. The lowest BCUT2D eigenvalue weighted by Crippen LogP contribution is -2.05. The van der Waals surface area contributed by atoms with Crippen LogP contribution in [0.5, 0.6) is 5.75 Å². The first-order valence-electron chi connectivity index (χ1n) is 15.0. The van der Waals surface area contributed by atoms with E-state index in [4.69, 9.17) is 4.74 Å². The molecule has 3 aromatic rings. The Morgan fingerprint density at radius 2 is 1.32 bits per heavy atom. The fraction of sp³-hybridized carbons (Fsp3) is 0.529. The Labute approximate surface area is 244 Å². The van der Waals surface area contributed by atoms with Gasteiger partial charge >= 0.3 is 0 Å². The molecule has 1 aromatic heterocycles. The van der Waals surface area contributed by atoms with Crippen LogP contribution in [-0.2, 0) is 6.42 Å². The van der Waals surface area contributed by atoms with E-state index < -0.39 is 5.82 Å². The number of nitrogens with zero attached hydrogens (tertiary/aromatic N) is 2. The molecule has 0 aliphatic heterocycles. The highest BCUT2D eigenvalue weighted by Crippen LogP contribution is 2.27. The SMILES string of the molecule is CC.CC.CC.CCC(C)[C@H](C)CC.CCc1nc(-c2ccc(F)cc2)nc(Nc2ccc(OC)c(F)c2)c1C. The molecular weight excluding hydrogens is 504 g/mol. The highest BCUT2D eigenvalue weighted by molar-refractivity contribution is 5.65. The van der Waals surface area contributed by atoms with Crippen molar-refractivity contribution in [2.24, 2.45) is 11.8 Å². The number of aromatic nitrogens is 2. The van der Waals surface area contributed by atoms with Crippen LogP contribution in [0.15, 0.2) is 42.5 Å². The molecule has 0 amide bonds. The minimum atomic E-state index is -0.460. The van der Waals surface area contributed by atoms with Gasteiger partial charge in [0.2, 0.25) is 0 Å². The highest BCUT2D eigenvalue weighted by Gasteiger charge is 2.13. The summed E-state index contributed by atoms with van der Waals surface area (Å²) in [5.74, 6) is 2.31. The van der Waals surface area contributed by atoms with Crippen molar-refractivity contribution in [1.29, 1.82) is 0 Å². The van der Waals surface area contributed by atoms with Crippen molar-refractivity contribution in [2.75, 3.05) is 12.4 Å². The first-order valence-corrected chi connectivity index (χ1v) is 15.0. The predicted octanol–water partition coefficient (Wildman–Crippen LogP) is 11.2. The van der Waals surface area contributed by atoms with Crippen molar-refractivity contribution in [2.45, 2.75) is 102 Å². The fourth-order valence-electron chi connectivity index (χ4n) is 3.44. The Morgan fingerprint density at radius 1 is 0.800 bits per heavy atom. The monoisotopic (exact) mass is 559 g/mol. The van der Waals surface area contributed by atoms with Crippen molar-refractivity contribution >= 4 is 11.5 Å². The van der Waals surface area contributed by atoms with Gasteiger partial charge in [0.25, 0.3) is 0 Å². The van der Waals surface area contributed by atoms with Crippen LogP contribution in [0, 0.1) is 30.4 Å². The summed E-state index contributed by atoms with van der Waals surface area (Å²) < 4.78 is 32.1. The van der Waals surface area contributed by atoms with E-state index in [0.29, 0.717) is 29.3 Å². The zero-order valence-corrected chi connectivity index (χ0v) is 27.4. The van der Waals surface area contributed by atoms with Crippen LogP contribution in [0.3, 0.4) is 0 Å². The van der Waals surface area contributed by atoms with E-state index in [0.717, 1.165) is 23.1 Å². The van der Waals surface area contributed by atoms with Crippen LogP contribution < -0.4 is 10.1 Å². The Hall–Kier alpha value is -3.02. The number of hydrogen-bond donors (Lipinski definition) is 1. The van der Waals surface area contributed by atoms with Gasteiger partial charge in [0.05, 0.1) is 7.11 Å². The van der Waals surface area contributed by atoms with Gasteiger partial charge < -0.3 is 10.1 Å². The van der Waals surface area contributed by atoms with E-state index in [1.165, 1.54) is 38.2 Å². The molecule has 226 valence electrons. The number of nitrogens with one attached hydrogen (secondary N) is 1. The Kier molecular flexibility index (Phi) is 22.3. The second-order valence-electron chi connectivity index (χ2n) is 8.57. The summed E-state index contributed by atoms with van der Waals surface area (Å²) in [6, 6.07) is 10.6. The van der Waals surface area contributed by atoms with Crippen LogP contribution in [0.1, 0.15) is 100 Å². The van der Waals surface area contributed by atoms with E-state index in [1.807, 2.05) is 55.4 Å². The summed E-state index contributed by atoms with van der Waals surface area (Å²) in [7, 11) is 1.42. The molecule has 40 heavy (non-hydrogen) atoms. The van der Waals surface area contributed by atoms with Gasteiger partial charge in [-0.3, -0.25) is 0 Å². The fourth-order valence-corrected chi connectivity index (χ4v) is 3.44. The molecule has 0 fully saturated rings. The number of rotatable bonds is 8. The van der Waals surface area contributed by atoms with Gasteiger partial charge in [-0.1, -0.05) is 89.0 Å². The summed E-state index contributed by atoms with van der Waals surface area (Å²) >= 11 is 0. The molecule has 2 aromatic carbocycles. The lowest BCUT2D eigenvalue weighted by Gasteiger charge is -2.14. The number of anilines is 2. The van der Waals surface area contributed by atoms with Crippen molar-refractivity contribution in [1.82, 2.24) is 9.97 Å². The lowest BCUT2D eigenvalue weighted by atomic mass is 9.92. The minimum Gasteiger partial charge on any atom is -0.494 e. The standard InChI is InChI=1S/C20H19F2N3O.C8H18.3C2H6/c1-4-17-12(2)19(23-15-9-10-18(26-3)16(22)11-15)25-20(24-17)13-5-7-14(21)8-6-13;1-5-7(3)8(4)6-2;3*1-2/h5-11H,4H2,1-3H3,(H,23,24,25);7-8H,5-6H2,1-4H3;3*1-2H3/t;7-,8?;;;/m.1.../s1. The molecule has 1 unspecified atom stereocenters. The zero-order valence-electron chi connectivity index (χ0n) is 27.4. The molecular formula is C34H55F2N3O. The van der Waals surface area contributed by atoms with Gasteiger partial charge in [0.15, 0.2) is 17.4 Å². The number of hydrogen-bond acceptors (Lipinski definition) is 4. The van der Waals surface area contributed by atoms with Crippen molar-refractivity contribution in [3.8, 4) is 17.1 Å². The normalized spacial score (nSPS) is 11.0. The summed E-state index contributed by atoms with van der Waals surface area (Å²) in [5, 5.41) is 3.14. The smallest absolute Gasteiger partial charge is 0.167 e. The van der Waals surface area contributed by atoms with Gasteiger partial charge in [-0.2, -0.15) is 0 Å². The third-order valence-corrected chi connectivity index (χ3v) is 6.36. The maximum absolute atomic E-state index is 13.9. The molecule has 2 atom stereocenters. The maximum atomic E-state index is 13.9. The molecule has 0 saturated heterocycles. The number of aryl methyl sites for hydroxylation is 1. The molecule has 0 saturated carbocycles. The average molecular weight is 560 g/mol. The molecule has 1 N–H and O–H groups in total. The van der Waals surface area contributed by atoms with Crippen LogP contribution in [0.25, 0.3) is 11.4 Å². The third-order valence-electron chi connectivity index (χ3n) is 6.36. The average Bonchev–Trinajstić information content (AvgIpc) is 3.01. The third kappa shape index (κ3) is 12.9. The second-order valence-corrected chi connectivity index (χ2v) is 8.57. The van der Waals surface area contributed by atoms with Gasteiger partial charge in [-0.25, -0.2) is 18.7 Å². The van der Waals surface area contributed by atoms with Crippen molar-refractivity contribution < 1.29 is 13.5 Å². The van der Waals surface area contributed by atoms with Crippen molar-refractivity contribution in [3.63, 3.8) is 0 Å². The summed E-state index contributed by atoms with van der Waals surface area (Å²) in [6.45, 7) is 25.1. The molecule has 4 nitrogen and oxygen atoms in total. The molecule has 3 rings (SSSR count).